The van der Waals surface area contributed by atoms with E-state index in [1.165, 1.54) is 17.0 Å². The Morgan fingerprint density at radius 2 is 1.47 bits per heavy atom. The number of aryl methyl sites for hydroxylation is 2. The lowest BCUT2D eigenvalue weighted by Gasteiger charge is -2.34. The van der Waals surface area contributed by atoms with E-state index in [2.05, 4.69) is 5.32 Å². The van der Waals surface area contributed by atoms with Crippen LogP contribution in [0.15, 0.2) is 102 Å². The monoisotopic (exact) mass is 665 g/mol. The Morgan fingerprint density at radius 1 is 0.844 bits per heavy atom. The third-order valence-corrected chi connectivity index (χ3v) is 9.92. The summed E-state index contributed by atoms with van der Waals surface area (Å²) >= 11 is 13.1. The van der Waals surface area contributed by atoms with Crippen molar-refractivity contribution in [3.05, 3.63) is 129 Å². The summed E-state index contributed by atoms with van der Waals surface area (Å²) in [5, 5.41) is 3.59. The number of nitrogens with one attached hydrogen (secondary N) is 1. The Bertz CT molecular complexity index is 1710. The second-order valence-corrected chi connectivity index (χ2v) is 13.5. The predicted molar refractivity (Wildman–Crippen MR) is 181 cm³/mol. The van der Waals surface area contributed by atoms with Crippen LogP contribution >= 0.6 is 23.2 Å². The SMILES string of the molecule is CCCNC(=O)[C@H](Cc1ccccc1)N(Cc1c(Cl)cccc1Cl)C(=O)CN(c1ccc(C)cc1C)S(=O)(=O)c1ccccc1. The molecule has 2 amide bonds. The third-order valence-electron chi connectivity index (χ3n) is 7.44. The number of rotatable bonds is 13. The molecule has 10 heteroatoms. The number of carbonyl (C=O) groups is 2. The van der Waals surface area contributed by atoms with Gasteiger partial charge in [0.2, 0.25) is 11.8 Å². The van der Waals surface area contributed by atoms with Crippen LogP contribution < -0.4 is 9.62 Å². The minimum absolute atomic E-state index is 0.0417. The fourth-order valence-corrected chi connectivity index (χ4v) is 7.11. The zero-order chi connectivity index (χ0) is 32.6. The Balaban J connectivity index is 1.85. The summed E-state index contributed by atoms with van der Waals surface area (Å²) in [4.78, 5) is 29.8. The zero-order valence-corrected chi connectivity index (χ0v) is 27.9. The first-order chi connectivity index (χ1) is 21.5. The van der Waals surface area contributed by atoms with Crippen molar-refractivity contribution >= 4 is 50.7 Å². The second kappa shape index (κ2) is 15.4. The van der Waals surface area contributed by atoms with Gasteiger partial charge in [-0.1, -0.05) is 102 Å². The van der Waals surface area contributed by atoms with E-state index in [1.807, 2.05) is 50.2 Å². The van der Waals surface area contributed by atoms with Crippen LogP contribution in [0, 0.1) is 13.8 Å². The topological polar surface area (TPSA) is 86.8 Å². The summed E-state index contributed by atoms with van der Waals surface area (Å²) in [7, 11) is -4.19. The molecule has 0 aliphatic heterocycles. The summed E-state index contributed by atoms with van der Waals surface area (Å²) in [6.07, 6.45) is 0.892. The highest BCUT2D eigenvalue weighted by Crippen LogP contribution is 2.30. The van der Waals surface area contributed by atoms with Crippen molar-refractivity contribution in [3.63, 3.8) is 0 Å². The van der Waals surface area contributed by atoms with Gasteiger partial charge in [0.25, 0.3) is 10.0 Å². The number of hydrogen-bond acceptors (Lipinski definition) is 4. The van der Waals surface area contributed by atoms with Crippen molar-refractivity contribution in [1.82, 2.24) is 10.2 Å². The summed E-state index contributed by atoms with van der Waals surface area (Å²) in [5.74, 6) is -0.945. The van der Waals surface area contributed by atoms with Crippen molar-refractivity contribution in [1.29, 1.82) is 0 Å². The van der Waals surface area contributed by atoms with Crippen LogP contribution in [0.25, 0.3) is 0 Å². The van der Waals surface area contributed by atoms with E-state index >= 15 is 0 Å². The molecule has 0 bridgehead atoms. The van der Waals surface area contributed by atoms with E-state index in [0.717, 1.165) is 15.4 Å². The van der Waals surface area contributed by atoms with E-state index < -0.39 is 28.5 Å². The molecule has 0 saturated carbocycles. The maximum absolute atomic E-state index is 14.6. The number of benzene rings is 4. The molecule has 4 aromatic rings. The first-order valence-corrected chi connectivity index (χ1v) is 16.9. The summed E-state index contributed by atoms with van der Waals surface area (Å²) < 4.78 is 29.4. The second-order valence-electron chi connectivity index (χ2n) is 10.8. The molecule has 236 valence electrons. The molecule has 0 aliphatic carbocycles. The van der Waals surface area contributed by atoms with Crippen LogP contribution in [0.3, 0.4) is 0 Å². The van der Waals surface area contributed by atoms with Crippen LogP contribution in [-0.2, 0) is 32.6 Å². The first kappa shape index (κ1) is 34.0. The lowest BCUT2D eigenvalue weighted by molar-refractivity contribution is -0.140. The molecule has 0 aliphatic rings. The van der Waals surface area contributed by atoms with E-state index in [9.17, 15) is 18.0 Å². The molecule has 1 N–H and O–H groups in total. The summed E-state index contributed by atoms with van der Waals surface area (Å²) in [6, 6.07) is 26.7. The molecule has 0 fully saturated rings. The number of sulfonamides is 1. The molecule has 7 nitrogen and oxygen atoms in total. The minimum Gasteiger partial charge on any atom is -0.354 e. The van der Waals surface area contributed by atoms with Crippen molar-refractivity contribution in [3.8, 4) is 0 Å². The van der Waals surface area contributed by atoms with Crippen LogP contribution in [0.4, 0.5) is 5.69 Å². The van der Waals surface area contributed by atoms with Gasteiger partial charge in [0, 0.05) is 35.1 Å². The zero-order valence-electron chi connectivity index (χ0n) is 25.5. The average molecular weight is 667 g/mol. The fourth-order valence-electron chi connectivity index (χ4n) is 5.09. The molecular weight excluding hydrogens is 629 g/mol. The van der Waals surface area contributed by atoms with Crippen molar-refractivity contribution in [2.75, 3.05) is 17.4 Å². The highest BCUT2D eigenvalue weighted by atomic mass is 35.5. The van der Waals surface area contributed by atoms with Crippen LogP contribution in [-0.4, -0.2) is 44.3 Å². The third kappa shape index (κ3) is 8.45. The molecule has 4 aromatic carbocycles. The normalized spacial score (nSPS) is 11.9. The first-order valence-electron chi connectivity index (χ1n) is 14.7. The predicted octanol–water partition coefficient (Wildman–Crippen LogP) is 6.97. The summed E-state index contributed by atoms with van der Waals surface area (Å²) in [6.45, 7) is 5.40. The van der Waals surface area contributed by atoms with Gasteiger partial charge in [-0.3, -0.25) is 13.9 Å². The van der Waals surface area contributed by atoms with Crippen LogP contribution in [0.1, 0.15) is 35.6 Å². The Morgan fingerprint density at radius 3 is 2.07 bits per heavy atom. The van der Waals surface area contributed by atoms with Crippen LogP contribution in [0.5, 0.6) is 0 Å². The van der Waals surface area contributed by atoms with Gasteiger partial charge < -0.3 is 10.2 Å². The smallest absolute Gasteiger partial charge is 0.264 e. The molecule has 45 heavy (non-hydrogen) atoms. The van der Waals surface area contributed by atoms with Crippen LogP contribution in [0.2, 0.25) is 10.0 Å². The number of nitrogens with zero attached hydrogens (tertiary/aromatic N) is 2. The summed E-state index contributed by atoms with van der Waals surface area (Å²) in [5.41, 5.74) is 3.29. The van der Waals surface area contributed by atoms with Gasteiger partial charge in [-0.05, 0) is 61.7 Å². The lowest BCUT2D eigenvalue weighted by Crippen LogP contribution is -2.53. The van der Waals surface area contributed by atoms with Gasteiger partial charge in [-0.15, -0.1) is 0 Å². The van der Waals surface area contributed by atoms with Crippen molar-refractivity contribution in [2.45, 2.75) is 51.1 Å². The number of amides is 2. The standard InChI is InChI=1S/C35H37Cl2N3O4S/c1-4-20-38-35(42)33(22-27-12-7-5-8-13-27)39(23-29-30(36)16-11-17-31(29)37)34(41)24-40(32-19-18-25(2)21-26(32)3)45(43,44)28-14-9-6-10-15-28/h5-19,21,33H,4,20,22-24H2,1-3H3,(H,38,42)/t33-/m0/s1. The molecule has 0 spiro atoms. The highest BCUT2D eigenvalue weighted by molar-refractivity contribution is 7.92. The average Bonchev–Trinajstić information content (AvgIpc) is 3.02. The van der Waals surface area contributed by atoms with Gasteiger partial charge in [0.15, 0.2) is 0 Å². The maximum atomic E-state index is 14.6. The molecule has 0 heterocycles. The molecule has 4 rings (SSSR count). The number of anilines is 1. The molecule has 0 unspecified atom stereocenters. The van der Waals surface area contributed by atoms with E-state index in [0.29, 0.717) is 39.8 Å². The van der Waals surface area contributed by atoms with Gasteiger partial charge in [-0.2, -0.15) is 0 Å². The van der Waals surface area contributed by atoms with E-state index in [-0.39, 0.29) is 23.8 Å². The van der Waals surface area contributed by atoms with Gasteiger partial charge in [0.05, 0.1) is 10.6 Å². The largest absolute Gasteiger partial charge is 0.354 e. The number of carbonyl (C=O) groups excluding carboxylic acids is 2. The Hall–Kier alpha value is -3.85. The molecule has 0 saturated heterocycles. The Kier molecular flexibility index (Phi) is 11.7. The quantitative estimate of drug-likeness (QED) is 0.167. The van der Waals surface area contributed by atoms with Crippen molar-refractivity contribution < 1.29 is 18.0 Å². The molecular formula is C35H37Cl2N3O4S. The maximum Gasteiger partial charge on any atom is 0.264 e. The van der Waals surface area contributed by atoms with Gasteiger partial charge >= 0.3 is 0 Å². The molecule has 0 aromatic heterocycles. The minimum atomic E-state index is -4.19. The van der Waals surface area contributed by atoms with E-state index in [1.54, 1.807) is 55.5 Å². The lowest BCUT2D eigenvalue weighted by atomic mass is 10.0. The molecule has 0 radical (unpaired) electrons. The fraction of sp³-hybridized carbons (Fsp3) is 0.257. The van der Waals surface area contributed by atoms with E-state index in [4.69, 9.17) is 23.2 Å². The number of hydrogen-bond donors (Lipinski definition) is 1. The van der Waals surface area contributed by atoms with Crippen molar-refractivity contribution in [2.24, 2.45) is 0 Å². The molecule has 1 atom stereocenters. The highest BCUT2D eigenvalue weighted by Gasteiger charge is 2.35. The van der Waals surface area contributed by atoms with Gasteiger partial charge in [0.1, 0.15) is 12.6 Å². The van der Waals surface area contributed by atoms with Gasteiger partial charge in [-0.25, -0.2) is 8.42 Å². The Labute approximate surface area is 275 Å². The number of halogens is 2.